The van der Waals surface area contributed by atoms with E-state index in [0.717, 1.165) is 35.8 Å². The molecule has 1 saturated carbocycles. The number of fused-ring (bicyclic) bond motifs is 1. The Morgan fingerprint density at radius 3 is 2.90 bits per heavy atom. The molecule has 0 aromatic heterocycles. The van der Waals surface area contributed by atoms with Gasteiger partial charge in [-0.1, -0.05) is 30.5 Å². The molecule has 0 radical (unpaired) electrons. The van der Waals surface area contributed by atoms with Crippen LogP contribution in [-0.4, -0.2) is 30.4 Å². The summed E-state index contributed by atoms with van der Waals surface area (Å²) in [7, 11) is 0. The maximum Gasteiger partial charge on any atom is 0.0779 e. The quantitative estimate of drug-likeness (QED) is 0.906. The third kappa shape index (κ3) is 2.67. The molecule has 1 N–H and O–H groups in total. The maximum absolute atomic E-state index is 9.64. The highest BCUT2D eigenvalue weighted by molar-refractivity contribution is 6.33. The van der Waals surface area contributed by atoms with E-state index in [9.17, 15) is 5.11 Å². The van der Waals surface area contributed by atoms with Gasteiger partial charge in [0, 0.05) is 6.54 Å². The molecule has 4 heteroatoms. The number of hydrogen-bond donors (Lipinski definition) is 1. The Labute approximate surface area is 125 Å². The zero-order chi connectivity index (χ0) is 14.1. The Hall–Kier alpha value is -0.770. The van der Waals surface area contributed by atoms with E-state index in [1.54, 1.807) is 6.92 Å². The lowest BCUT2D eigenvalue weighted by Gasteiger charge is -2.45. The molecule has 2 aliphatic rings. The molecule has 0 bridgehead atoms. The van der Waals surface area contributed by atoms with E-state index < -0.39 is 6.10 Å². The number of aliphatic hydroxyl groups excluding tert-OH is 1. The van der Waals surface area contributed by atoms with E-state index in [-0.39, 0.29) is 0 Å². The summed E-state index contributed by atoms with van der Waals surface area (Å²) in [6.45, 7) is 3.43. The fourth-order valence-corrected chi connectivity index (χ4v) is 3.71. The van der Waals surface area contributed by atoms with Crippen molar-refractivity contribution in [2.75, 3.05) is 18.1 Å². The van der Waals surface area contributed by atoms with Gasteiger partial charge in [0.15, 0.2) is 0 Å². The first-order chi connectivity index (χ1) is 9.66. The topological polar surface area (TPSA) is 32.7 Å². The van der Waals surface area contributed by atoms with Gasteiger partial charge in [-0.05, 0) is 37.5 Å². The van der Waals surface area contributed by atoms with E-state index in [4.69, 9.17) is 16.3 Å². The van der Waals surface area contributed by atoms with E-state index in [1.807, 2.05) is 18.2 Å². The highest BCUT2D eigenvalue weighted by Crippen LogP contribution is 2.36. The molecule has 1 aromatic carbocycles. The number of nitrogens with zero attached hydrogens (tertiary/aromatic N) is 1. The minimum Gasteiger partial charge on any atom is -0.389 e. The van der Waals surface area contributed by atoms with Gasteiger partial charge in [0.05, 0.1) is 35.6 Å². The molecule has 3 rings (SSSR count). The van der Waals surface area contributed by atoms with Crippen LogP contribution in [0.3, 0.4) is 0 Å². The highest BCUT2D eigenvalue weighted by atomic mass is 35.5. The van der Waals surface area contributed by atoms with Crippen molar-refractivity contribution in [1.29, 1.82) is 0 Å². The Morgan fingerprint density at radius 2 is 2.15 bits per heavy atom. The van der Waals surface area contributed by atoms with Crippen LogP contribution in [0.15, 0.2) is 18.2 Å². The average molecular weight is 296 g/mol. The molecule has 2 fully saturated rings. The monoisotopic (exact) mass is 295 g/mol. The van der Waals surface area contributed by atoms with Crippen LogP contribution in [0.2, 0.25) is 5.02 Å². The molecule has 20 heavy (non-hydrogen) atoms. The molecular weight excluding hydrogens is 274 g/mol. The van der Waals surface area contributed by atoms with Crippen LogP contribution >= 0.6 is 11.6 Å². The Kier molecular flexibility index (Phi) is 4.20. The zero-order valence-electron chi connectivity index (χ0n) is 11.9. The molecule has 0 amide bonds. The number of morpholine rings is 1. The summed E-state index contributed by atoms with van der Waals surface area (Å²) in [6, 6.07) is 6.35. The first-order valence-electron chi connectivity index (χ1n) is 7.52. The minimum absolute atomic E-state index is 0.352. The van der Waals surface area contributed by atoms with Crippen LogP contribution in [0.1, 0.15) is 44.3 Å². The van der Waals surface area contributed by atoms with Crippen molar-refractivity contribution < 1.29 is 9.84 Å². The van der Waals surface area contributed by atoms with E-state index in [2.05, 4.69) is 4.90 Å². The van der Waals surface area contributed by atoms with E-state index in [1.165, 1.54) is 19.3 Å². The third-order valence-corrected chi connectivity index (χ3v) is 4.80. The smallest absolute Gasteiger partial charge is 0.0779 e. The lowest BCUT2D eigenvalue weighted by atomic mass is 9.89. The van der Waals surface area contributed by atoms with Gasteiger partial charge in [0.1, 0.15) is 0 Å². The number of benzene rings is 1. The maximum atomic E-state index is 9.64. The van der Waals surface area contributed by atoms with Gasteiger partial charge >= 0.3 is 0 Å². The van der Waals surface area contributed by atoms with Crippen LogP contribution < -0.4 is 4.90 Å². The van der Waals surface area contributed by atoms with Crippen molar-refractivity contribution >= 4 is 17.3 Å². The third-order valence-electron chi connectivity index (χ3n) is 4.50. The summed E-state index contributed by atoms with van der Waals surface area (Å²) in [5.74, 6) is 0. The fraction of sp³-hybridized carbons (Fsp3) is 0.625. The normalized spacial score (nSPS) is 28.1. The van der Waals surface area contributed by atoms with Gasteiger partial charge in [-0.25, -0.2) is 0 Å². The molecule has 1 heterocycles. The van der Waals surface area contributed by atoms with Crippen LogP contribution in [0, 0.1) is 0 Å². The lowest BCUT2D eigenvalue weighted by Crippen LogP contribution is -2.52. The van der Waals surface area contributed by atoms with E-state index in [0.29, 0.717) is 12.1 Å². The number of hydrogen-bond acceptors (Lipinski definition) is 3. The largest absolute Gasteiger partial charge is 0.389 e. The molecule has 3 atom stereocenters. The second kappa shape index (κ2) is 5.92. The van der Waals surface area contributed by atoms with Crippen molar-refractivity contribution in [1.82, 2.24) is 0 Å². The van der Waals surface area contributed by atoms with Crippen molar-refractivity contribution in [2.45, 2.75) is 50.9 Å². The molecule has 1 aliphatic carbocycles. The number of aliphatic hydroxyl groups is 1. The molecule has 0 spiro atoms. The second-order valence-electron chi connectivity index (χ2n) is 5.84. The van der Waals surface area contributed by atoms with E-state index >= 15 is 0 Å². The van der Waals surface area contributed by atoms with Gasteiger partial charge < -0.3 is 14.7 Å². The van der Waals surface area contributed by atoms with Gasteiger partial charge in [-0.15, -0.1) is 0 Å². The van der Waals surface area contributed by atoms with Crippen LogP contribution in [0.4, 0.5) is 5.69 Å². The zero-order valence-corrected chi connectivity index (χ0v) is 12.6. The first-order valence-corrected chi connectivity index (χ1v) is 7.90. The first kappa shape index (κ1) is 14.2. The summed E-state index contributed by atoms with van der Waals surface area (Å²) in [5.41, 5.74) is 1.95. The summed E-state index contributed by atoms with van der Waals surface area (Å²) >= 11 is 6.44. The van der Waals surface area contributed by atoms with Crippen molar-refractivity contribution in [3.05, 3.63) is 28.8 Å². The number of anilines is 1. The number of ether oxygens (including phenoxy) is 1. The Bertz CT molecular complexity index is 476. The summed E-state index contributed by atoms with van der Waals surface area (Å²) in [4.78, 5) is 2.40. The van der Waals surface area contributed by atoms with Crippen LogP contribution in [-0.2, 0) is 4.74 Å². The van der Waals surface area contributed by atoms with Crippen molar-refractivity contribution in [3.8, 4) is 0 Å². The predicted octanol–water partition coefficient (Wildman–Crippen LogP) is 3.54. The summed E-state index contributed by atoms with van der Waals surface area (Å²) < 4.78 is 5.91. The van der Waals surface area contributed by atoms with Crippen molar-refractivity contribution in [3.63, 3.8) is 0 Å². The minimum atomic E-state index is -0.478. The summed E-state index contributed by atoms with van der Waals surface area (Å²) in [5, 5.41) is 10.4. The molecule has 1 saturated heterocycles. The molecule has 1 aromatic rings. The molecule has 110 valence electrons. The SMILES string of the molecule is C[C@@H](O)c1ccc(N2CCOC3CCCCC32)c(Cl)c1. The summed E-state index contributed by atoms with van der Waals surface area (Å²) in [6.07, 6.45) is 4.75. The Balaban J connectivity index is 1.87. The van der Waals surface area contributed by atoms with Crippen LogP contribution in [0.5, 0.6) is 0 Å². The van der Waals surface area contributed by atoms with Crippen molar-refractivity contribution in [2.24, 2.45) is 0 Å². The molecule has 1 aliphatic heterocycles. The average Bonchev–Trinajstić information content (AvgIpc) is 2.46. The fourth-order valence-electron chi connectivity index (χ4n) is 3.41. The highest BCUT2D eigenvalue weighted by Gasteiger charge is 2.35. The second-order valence-corrected chi connectivity index (χ2v) is 6.25. The van der Waals surface area contributed by atoms with Gasteiger partial charge in [0.25, 0.3) is 0 Å². The predicted molar refractivity (Wildman–Crippen MR) is 81.4 cm³/mol. The number of rotatable bonds is 2. The van der Waals surface area contributed by atoms with Crippen LogP contribution in [0.25, 0.3) is 0 Å². The Morgan fingerprint density at radius 1 is 1.35 bits per heavy atom. The molecule has 3 nitrogen and oxygen atoms in total. The number of halogens is 1. The van der Waals surface area contributed by atoms with Gasteiger partial charge in [0.2, 0.25) is 0 Å². The van der Waals surface area contributed by atoms with Gasteiger partial charge in [-0.2, -0.15) is 0 Å². The molecular formula is C16H22ClNO2. The lowest BCUT2D eigenvalue weighted by molar-refractivity contribution is -0.00867. The standard InChI is InChI=1S/C16H22ClNO2/c1-11(19)12-6-7-14(13(17)10-12)18-8-9-20-16-5-3-2-4-15(16)18/h6-7,10-11,15-16,19H,2-5,8-9H2,1H3/t11-,15?,16?/m1/s1. The van der Waals surface area contributed by atoms with Gasteiger partial charge in [-0.3, -0.25) is 0 Å². The molecule has 2 unspecified atom stereocenters.